The molecule has 3 rings (SSSR count). The van der Waals surface area contributed by atoms with Gasteiger partial charge in [-0.25, -0.2) is 0 Å². The van der Waals surface area contributed by atoms with Crippen LogP contribution in [-0.4, -0.2) is 41.4 Å². The van der Waals surface area contributed by atoms with E-state index in [0.29, 0.717) is 28.7 Å². The molecular weight excluding hydrogens is 408 g/mol. The highest BCUT2D eigenvalue weighted by atomic mass is 79.9. The molecule has 0 bridgehead atoms. The highest BCUT2D eigenvalue weighted by molar-refractivity contribution is 9.10. The van der Waals surface area contributed by atoms with Crippen molar-refractivity contribution in [3.05, 3.63) is 32.8 Å². The SMILES string of the molecule is CCOc1cc(/C=N\n2c(C3CCCO3)n[nH]c2=S)cc(Br)c1OC. The van der Waals surface area contributed by atoms with Gasteiger partial charge in [-0.15, -0.1) is 0 Å². The van der Waals surface area contributed by atoms with E-state index in [0.717, 1.165) is 29.5 Å². The number of benzene rings is 1. The van der Waals surface area contributed by atoms with Crippen LogP contribution in [0.2, 0.25) is 0 Å². The van der Waals surface area contributed by atoms with Gasteiger partial charge in [-0.3, -0.25) is 5.10 Å². The zero-order valence-electron chi connectivity index (χ0n) is 14.0. The Labute approximate surface area is 159 Å². The molecule has 9 heteroatoms. The molecule has 2 heterocycles. The minimum atomic E-state index is -0.0771. The van der Waals surface area contributed by atoms with Crippen molar-refractivity contribution in [1.29, 1.82) is 0 Å². The molecule has 1 aliphatic heterocycles. The van der Waals surface area contributed by atoms with Crippen LogP contribution < -0.4 is 9.47 Å². The van der Waals surface area contributed by atoms with E-state index in [4.69, 9.17) is 26.4 Å². The zero-order chi connectivity index (χ0) is 17.8. The van der Waals surface area contributed by atoms with Crippen molar-refractivity contribution in [3.63, 3.8) is 0 Å². The quantitative estimate of drug-likeness (QED) is 0.560. The van der Waals surface area contributed by atoms with Crippen LogP contribution in [0, 0.1) is 4.77 Å². The minimum absolute atomic E-state index is 0.0771. The van der Waals surface area contributed by atoms with Crippen LogP contribution in [0.15, 0.2) is 21.7 Å². The van der Waals surface area contributed by atoms with E-state index < -0.39 is 0 Å². The Morgan fingerprint density at radius 2 is 2.40 bits per heavy atom. The first kappa shape index (κ1) is 18.1. The van der Waals surface area contributed by atoms with Crippen molar-refractivity contribution < 1.29 is 14.2 Å². The minimum Gasteiger partial charge on any atom is -0.492 e. The van der Waals surface area contributed by atoms with Crippen LogP contribution in [0.3, 0.4) is 0 Å². The third kappa shape index (κ3) is 3.94. The Morgan fingerprint density at radius 3 is 3.08 bits per heavy atom. The predicted molar refractivity (Wildman–Crippen MR) is 100 cm³/mol. The van der Waals surface area contributed by atoms with Gasteiger partial charge in [0.15, 0.2) is 17.3 Å². The Hall–Kier alpha value is -1.71. The van der Waals surface area contributed by atoms with Gasteiger partial charge in [0, 0.05) is 6.61 Å². The van der Waals surface area contributed by atoms with E-state index in [1.165, 1.54) is 0 Å². The molecule has 0 amide bonds. The average Bonchev–Trinajstić information content (AvgIpc) is 3.23. The Bertz CT molecular complexity index is 827. The number of nitrogens with one attached hydrogen (secondary N) is 1. The van der Waals surface area contributed by atoms with Crippen LogP contribution in [0.5, 0.6) is 11.5 Å². The van der Waals surface area contributed by atoms with Gasteiger partial charge in [0.1, 0.15) is 6.10 Å². The predicted octanol–water partition coefficient (Wildman–Crippen LogP) is 3.84. The van der Waals surface area contributed by atoms with E-state index in [-0.39, 0.29) is 6.10 Å². The fraction of sp³-hybridized carbons (Fsp3) is 0.438. The summed E-state index contributed by atoms with van der Waals surface area (Å²) in [4.78, 5) is 0. The van der Waals surface area contributed by atoms with Crippen LogP contribution >= 0.6 is 28.1 Å². The molecule has 1 unspecified atom stereocenters. The van der Waals surface area contributed by atoms with Crippen molar-refractivity contribution in [2.75, 3.05) is 20.3 Å². The number of ether oxygens (including phenoxy) is 3. The van der Waals surface area contributed by atoms with Gasteiger partial charge >= 0.3 is 0 Å². The summed E-state index contributed by atoms with van der Waals surface area (Å²) >= 11 is 8.78. The summed E-state index contributed by atoms with van der Waals surface area (Å²) in [5, 5.41) is 11.5. The van der Waals surface area contributed by atoms with Crippen molar-refractivity contribution in [2.24, 2.45) is 5.10 Å². The van der Waals surface area contributed by atoms with Crippen molar-refractivity contribution >= 4 is 34.4 Å². The topological polar surface area (TPSA) is 73.7 Å². The van der Waals surface area contributed by atoms with Crippen LogP contribution in [0.1, 0.15) is 37.3 Å². The summed E-state index contributed by atoms with van der Waals surface area (Å²) < 4.78 is 19.5. The maximum absolute atomic E-state index is 5.68. The van der Waals surface area contributed by atoms with E-state index in [1.54, 1.807) is 18.0 Å². The first-order chi connectivity index (χ1) is 12.1. The molecular formula is C16H19BrN4O3S. The molecule has 7 nitrogen and oxygen atoms in total. The lowest BCUT2D eigenvalue weighted by atomic mass is 10.2. The van der Waals surface area contributed by atoms with Crippen molar-refractivity contribution in [3.8, 4) is 11.5 Å². The molecule has 1 N–H and O–H groups in total. The molecule has 0 saturated carbocycles. The first-order valence-electron chi connectivity index (χ1n) is 7.97. The average molecular weight is 427 g/mol. The number of rotatable bonds is 6. The molecule has 0 aliphatic carbocycles. The molecule has 134 valence electrons. The third-order valence-electron chi connectivity index (χ3n) is 3.75. The molecule has 25 heavy (non-hydrogen) atoms. The summed E-state index contributed by atoms with van der Waals surface area (Å²) in [6.45, 7) is 3.20. The van der Waals surface area contributed by atoms with Gasteiger partial charge in [-0.05, 0) is 65.6 Å². The largest absolute Gasteiger partial charge is 0.492 e. The van der Waals surface area contributed by atoms with Crippen LogP contribution in [-0.2, 0) is 4.74 Å². The van der Waals surface area contributed by atoms with E-state index in [2.05, 4.69) is 31.2 Å². The Kier molecular flexibility index (Phi) is 5.87. The normalized spacial score (nSPS) is 17.3. The van der Waals surface area contributed by atoms with Gasteiger partial charge in [0.2, 0.25) is 4.77 Å². The lowest BCUT2D eigenvalue weighted by molar-refractivity contribution is 0.102. The maximum atomic E-state index is 5.68. The number of aromatic nitrogens is 3. The van der Waals surface area contributed by atoms with Gasteiger partial charge in [-0.2, -0.15) is 14.9 Å². The summed E-state index contributed by atoms with van der Waals surface area (Å²) in [5.74, 6) is 1.99. The second-order valence-electron chi connectivity index (χ2n) is 5.41. The number of methoxy groups -OCH3 is 1. The van der Waals surface area contributed by atoms with Crippen LogP contribution in [0.25, 0.3) is 0 Å². The number of nitrogens with zero attached hydrogens (tertiary/aromatic N) is 3. The highest BCUT2D eigenvalue weighted by Crippen LogP contribution is 2.36. The smallest absolute Gasteiger partial charge is 0.216 e. The van der Waals surface area contributed by atoms with E-state index >= 15 is 0 Å². The fourth-order valence-electron chi connectivity index (χ4n) is 2.65. The second-order valence-corrected chi connectivity index (χ2v) is 6.65. The van der Waals surface area contributed by atoms with Crippen molar-refractivity contribution in [1.82, 2.24) is 14.9 Å². The van der Waals surface area contributed by atoms with Crippen molar-refractivity contribution in [2.45, 2.75) is 25.9 Å². The maximum Gasteiger partial charge on any atom is 0.216 e. The summed E-state index contributed by atoms with van der Waals surface area (Å²) in [6.07, 6.45) is 3.55. The highest BCUT2D eigenvalue weighted by Gasteiger charge is 2.23. The molecule has 1 aliphatic rings. The fourth-order valence-corrected chi connectivity index (χ4v) is 3.46. The molecule has 0 spiro atoms. The van der Waals surface area contributed by atoms with Crippen LogP contribution in [0.4, 0.5) is 0 Å². The summed E-state index contributed by atoms with van der Waals surface area (Å²) in [6, 6.07) is 3.77. The third-order valence-corrected chi connectivity index (χ3v) is 4.60. The number of halogens is 1. The Morgan fingerprint density at radius 1 is 1.56 bits per heavy atom. The molecule has 1 saturated heterocycles. The monoisotopic (exact) mass is 426 g/mol. The number of hydrogen-bond acceptors (Lipinski definition) is 6. The number of hydrogen-bond donors (Lipinski definition) is 1. The summed E-state index contributed by atoms with van der Waals surface area (Å²) in [5.41, 5.74) is 0.845. The summed E-state index contributed by atoms with van der Waals surface area (Å²) in [7, 11) is 1.61. The number of aromatic amines is 1. The van der Waals surface area contributed by atoms with E-state index in [9.17, 15) is 0 Å². The Balaban J connectivity index is 1.92. The second kappa shape index (κ2) is 8.11. The molecule has 2 aromatic rings. The van der Waals surface area contributed by atoms with Gasteiger partial charge < -0.3 is 14.2 Å². The lowest BCUT2D eigenvalue weighted by Crippen LogP contribution is -2.05. The van der Waals surface area contributed by atoms with Gasteiger partial charge in [0.05, 0.1) is 24.4 Å². The first-order valence-corrected chi connectivity index (χ1v) is 9.17. The number of H-pyrrole nitrogens is 1. The van der Waals surface area contributed by atoms with Gasteiger partial charge in [-0.1, -0.05) is 0 Å². The molecule has 1 aromatic heterocycles. The standard InChI is InChI=1S/C16H19BrN4O3S/c1-3-23-13-8-10(7-11(17)14(13)22-2)9-18-21-15(19-20-16(21)25)12-5-4-6-24-12/h7-9,12H,3-6H2,1-2H3,(H,20,25)/b18-9-. The molecule has 1 fully saturated rings. The zero-order valence-corrected chi connectivity index (χ0v) is 16.4. The van der Waals surface area contributed by atoms with E-state index in [1.807, 2.05) is 19.1 Å². The lowest BCUT2D eigenvalue weighted by Gasteiger charge is -2.12. The van der Waals surface area contributed by atoms with Gasteiger partial charge in [0.25, 0.3) is 0 Å². The molecule has 1 atom stereocenters. The molecule has 1 aromatic carbocycles. The molecule has 0 radical (unpaired) electrons.